The van der Waals surface area contributed by atoms with Crippen molar-refractivity contribution in [2.24, 2.45) is 5.92 Å². The molecule has 4 nitrogen and oxygen atoms in total. The molecule has 0 radical (unpaired) electrons. The number of hydrogen-bond donors (Lipinski definition) is 2. The van der Waals surface area contributed by atoms with Gasteiger partial charge in [-0.25, -0.2) is 0 Å². The minimum Gasteiger partial charge on any atom is -0.387 e. The Morgan fingerprint density at radius 3 is 2.87 bits per heavy atom. The molecule has 122 valence electrons. The Balaban J connectivity index is 1.65. The molecule has 0 spiro atoms. The number of nitrogens with zero attached hydrogens (tertiary/aromatic N) is 1. The fourth-order valence-corrected chi connectivity index (χ4v) is 3.45. The van der Waals surface area contributed by atoms with Gasteiger partial charge in [-0.3, -0.25) is 9.69 Å². The lowest BCUT2D eigenvalue weighted by Crippen LogP contribution is -2.32. The van der Waals surface area contributed by atoms with Crippen LogP contribution in [-0.2, 0) is 11.3 Å². The molecule has 0 bridgehead atoms. The van der Waals surface area contributed by atoms with E-state index >= 15 is 0 Å². The second-order valence-electron chi connectivity index (χ2n) is 6.44. The molecule has 0 aliphatic carbocycles. The van der Waals surface area contributed by atoms with Gasteiger partial charge in [-0.1, -0.05) is 36.4 Å². The number of carbonyl (C=O) groups is 1. The van der Waals surface area contributed by atoms with Crippen LogP contribution in [0.1, 0.15) is 17.5 Å². The third-order valence-corrected chi connectivity index (χ3v) is 4.73. The monoisotopic (exact) mass is 312 g/mol. The highest BCUT2D eigenvalue weighted by Gasteiger charge is 2.23. The van der Waals surface area contributed by atoms with E-state index in [4.69, 9.17) is 5.11 Å². The predicted octanol–water partition coefficient (Wildman–Crippen LogP) is 2.08. The number of benzene rings is 2. The lowest BCUT2D eigenvalue weighted by molar-refractivity contribution is -0.123. The lowest BCUT2D eigenvalue weighted by atomic mass is 10.0. The zero-order valence-corrected chi connectivity index (χ0v) is 13.6. The summed E-state index contributed by atoms with van der Waals surface area (Å²) in [6.07, 6.45) is 1.09. The molecule has 2 N–H and O–H groups in total. The summed E-state index contributed by atoms with van der Waals surface area (Å²) in [7, 11) is 0. The van der Waals surface area contributed by atoms with Gasteiger partial charge in [-0.05, 0) is 47.7 Å². The van der Waals surface area contributed by atoms with E-state index in [1.807, 2.05) is 0 Å². The minimum atomic E-state index is -0.425. The van der Waals surface area contributed by atoms with Crippen molar-refractivity contribution in [3.63, 3.8) is 0 Å². The molecule has 0 saturated carbocycles. The van der Waals surface area contributed by atoms with Crippen LogP contribution in [0.25, 0.3) is 10.8 Å². The standard InChI is InChI=1S/C19H24N2O2/c1-14-4-2-7-18-16(5-3-6-17(14)18)12-21-9-8-15(11-21)10-20-19(23)13-22/h2-7,15,22H,8-13H2,1H3,(H,20,23). The van der Waals surface area contributed by atoms with E-state index in [2.05, 4.69) is 53.5 Å². The summed E-state index contributed by atoms with van der Waals surface area (Å²) < 4.78 is 0. The SMILES string of the molecule is Cc1cccc2c(CN3CCC(CNC(=O)CO)C3)cccc12. The summed E-state index contributed by atoms with van der Waals surface area (Å²) in [6, 6.07) is 13.0. The fourth-order valence-electron chi connectivity index (χ4n) is 3.45. The Morgan fingerprint density at radius 2 is 2.04 bits per heavy atom. The van der Waals surface area contributed by atoms with Crippen LogP contribution in [0.15, 0.2) is 36.4 Å². The van der Waals surface area contributed by atoms with Crippen molar-refractivity contribution in [2.45, 2.75) is 19.9 Å². The number of hydrogen-bond acceptors (Lipinski definition) is 3. The maximum atomic E-state index is 11.1. The number of aliphatic hydroxyl groups excluding tert-OH is 1. The zero-order valence-electron chi connectivity index (χ0n) is 13.6. The Labute approximate surface area is 137 Å². The second kappa shape index (κ2) is 7.11. The number of aliphatic hydroxyl groups is 1. The molecule has 1 saturated heterocycles. The summed E-state index contributed by atoms with van der Waals surface area (Å²) in [6.45, 7) is 5.39. The molecule has 1 atom stereocenters. The normalized spacial score (nSPS) is 18.4. The van der Waals surface area contributed by atoms with E-state index in [0.717, 1.165) is 26.1 Å². The molecular formula is C19H24N2O2. The Morgan fingerprint density at radius 1 is 1.26 bits per heavy atom. The smallest absolute Gasteiger partial charge is 0.245 e. The average molecular weight is 312 g/mol. The van der Waals surface area contributed by atoms with E-state index in [1.54, 1.807) is 0 Å². The topological polar surface area (TPSA) is 52.6 Å². The van der Waals surface area contributed by atoms with Gasteiger partial charge in [-0.2, -0.15) is 0 Å². The molecule has 4 heteroatoms. The first kappa shape index (κ1) is 16.0. The van der Waals surface area contributed by atoms with E-state index < -0.39 is 6.61 Å². The third kappa shape index (κ3) is 3.71. The highest BCUT2D eigenvalue weighted by molar-refractivity contribution is 5.88. The van der Waals surface area contributed by atoms with Gasteiger partial charge in [0, 0.05) is 19.6 Å². The molecule has 1 amide bonds. The van der Waals surface area contributed by atoms with Gasteiger partial charge in [0.1, 0.15) is 6.61 Å². The molecule has 1 fully saturated rings. The van der Waals surface area contributed by atoms with E-state index in [-0.39, 0.29) is 5.91 Å². The number of aryl methyl sites for hydroxylation is 1. The van der Waals surface area contributed by atoms with Crippen LogP contribution in [0.4, 0.5) is 0 Å². The Bertz CT molecular complexity index is 699. The van der Waals surface area contributed by atoms with Crippen LogP contribution in [0.3, 0.4) is 0 Å². The summed E-state index contributed by atoms with van der Waals surface area (Å²) >= 11 is 0. The molecular weight excluding hydrogens is 288 g/mol. The van der Waals surface area contributed by atoms with Gasteiger partial charge >= 0.3 is 0 Å². The van der Waals surface area contributed by atoms with Crippen LogP contribution in [0, 0.1) is 12.8 Å². The first-order valence-electron chi connectivity index (χ1n) is 8.24. The number of rotatable bonds is 5. The molecule has 2 aromatic carbocycles. The van der Waals surface area contributed by atoms with Crippen LogP contribution >= 0.6 is 0 Å². The number of amides is 1. The van der Waals surface area contributed by atoms with Gasteiger partial charge in [0.2, 0.25) is 5.91 Å². The van der Waals surface area contributed by atoms with E-state index in [1.165, 1.54) is 21.9 Å². The Kier molecular flexibility index (Phi) is 4.94. The van der Waals surface area contributed by atoms with Gasteiger partial charge in [-0.15, -0.1) is 0 Å². The van der Waals surface area contributed by atoms with Crippen molar-refractivity contribution in [3.8, 4) is 0 Å². The maximum Gasteiger partial charge on any atom is 0.245 e. The molecule has 1 aliphatic rings. The highest BCUT2D eigenvalue weighted by atomic mass is 16.3. The highest BCUT2D eigenvalue weighted by Crippen LogP contribution is 2.25. The molecule has 23 heavy (non-hydrogen) atoms. The number of carbonyl (C=O) groups excluding carboxylic acids is 1. The summed E-state index contributed by atoms with van der Waals surface area (Å²) in [5.41, 5.74) is 2.68. The van der Waals surface area contributed by atoms with Crippen molar-refractivity contribution in [1.29, 1.82) is 0 Å². The van der Waals surface area contributed by atoms with E-state index in [0.29, 0.717) is 12.5 Å². The summed E-state index contributed by atoms with van der Waals surface area (Å²) in [5.74, 6) is 0.190. The van der Waals surface area contributed by atoms with Crippen LogP contribution < -0.4 is 5.32 Å². The summed E-state index contributed by atoms with van der Waals surface area (Å²) in [4.78, 5) is 13.6. The van der Waals surface area contributed by atoms with Crippen molar-refractivity contribution < 1.29 is 9.90 Å². The largest absolute Gasteiger partial charge is 0.387 e. The molecule has 1 aliphatic heterocycles. The van der Waals surface area contributed by atoms with Gasteiger partial charge < -0.3 is 10.4 Å². The number of fused-ring (bicyclic) bond motifs is 1. The summed E-state index contributed by atoms with van der Waals surface area (Å²) in [5, 5.41) is 14.2. The van der Waals surface area contributed by atoms with Gasteiger partial charge in [0.15, 0.2) is 0 Å². The number of likely N-dealkylation sites (tertiary alicyclic amines) is 1. The maximum absolute atomic E-state index is 11.1. The van der Waals surface area contributed by atoms with Crippen molar-refractivity contribution in [3.05, 3.63) is 47.5 Å². The molecule has 1 heterocycles. The molecule has 2 aromatic rings. The lowest BCUT2D eigenvalue weighted by Gasteiger charge is -2.18. The predicted molar refractivity (Wildman–Crippen MR) is 92.2 cm³/mol. The first-order chi connectivity index (χ1) is 11.2. The zero-order chi connectivity index (χ0) is 16.2. The minimum absolute atomic E-state index is 0.284. The first-order valence-corrected chi connectivity index (χ1v) is 8.24. The molecule has 1 unspecified atom stereocenters. The van der Waals surface area contributed by atoms with Crippen molar-refractivity contribution >= 4 is 16.7 Å². The molecule has 3 rings (SSSR count). The van der Waals surface area contributed by atoms with Crippen LogP contribution in [-0.4, -0.2) is 42.2 Å². The van der Waals surface area contributed by atoms with Gasteiger partial charge in [0.05, 0.1) is 0 Å². The average Bonchev–Trinajstić information content (AvgIpc) is 3.01. The van der Waals surface area contributed by atoms with Crippen molar-refractivity contribution in [1.82, 2.24) is 10.2 Å². The number of nitrogens with one attached hydrogen (secondary N) is 1. The molecule has 0 aromatic heterocycles. The van der Waals surface area contributed by atoms with Gasteiger partial charge in [0.25, 0.3) is 0 Å². The van der Waals surface area contributed by atoms with Crippen LogP contribution in [0.5, 0.6) is 0 Å². The van der Waals surface area contributed by atoms with Crippen LogP contribution in [0.2, 0.25) is 0 Å². The third-order valence-electron chi connectivity index (χ3n) is 4.73. The second-order valence-corrected chi connectivity index (χ2v) is 6.44. The Hall–Kier alpha value is -1.91. The quantitative estimate of drug-likeness (QED) is 0.889. The van der Waals surface area contributed by atoms with Crippen molar-refractivity contribution in [2.75, 3.05) is 26.2 Å². The van der Waals surface area contributed by atoms with E-state index in [9.17, 15) is 4.79 Å². The fraction of sp³-hybridized carbons (Fsp3) is 0.421.